The molecule has 2 rings (SSSR count). The molecule has 0 radical (unpaired) electrons. The molecule has 0 aromatic rings. The summed E-state index contributed by atoms with van der Waals surface area (Å²) in [4.78, 5) is 0. The summed E-state index contributed by atoms with van der Waals surface area (Å²) < 4.78 is 5.70. The first-order chi connectivity index (χ1) is 8.27. The Morgan fingerprint density at radius 3 is 2.82 bits per heavy atom. The maximum Gasteiger partial charge on any atom is 0.0576 e. The summed E-state index contributed by atoms with van der Waals surface area (Å²) in [6.07, 6.45) is 11.4. The zero-order valence-electron chi connectivity index (χ0n) is 11.6. The Balaban J connectivity index is 1.63. The van der Waals surface area contributed by atoms with Crippen molar-refractivity contribution < 1.29 is 4.74 Å². The van der Waals surface area contributed by atoms with Gasteiger partial charge in [-0.15, -0.1) is 0 Å². The molecule has 100 valence electrons. The molecule has 1 saturated carbocycles. The second-order valence-electron chi connectivity index (χ2n) is 6.07. The molecule has 0 spiro atoms. The van der Waals surface area contributed by atoms with Gasteiger partial charge in [-0.3, -0.25) is 0 Å². The van der Waals surface area contributed by atoms with Crippen molar-refractivity contribution in [1.82, 2.24) is 5.32 Å². The van der Waals surface area contributed by atoms with Crippen LogP contribution in [0.2, 0.25) is 0 Å². The van der Waals surface area contributed by atoms with E-state index in [-0.39, 0.29) is 0 Å². The van der Waals surface area contributed by atoms with E-state index in [4.69, 9.17) is 4.74 Å². The monoisotopic (exact) mass is 239 g/mol. The van der Waals surface area contributed by atoms with E-state index in [9.17, 15) is 0 Å². The lowest BCUT2D eigenvalue weighted by Crippen LogP contribution is -2.35. The van der Waals surface area contributed by atoms with Crippen molar-refractivity contribution in [3.63, 3.8) is 0 Å². The molecule has 2 nitrogen and oxygen atoms in total. The third-order valence-corrected chi connectivity index (χ3v) is 4.74. The minimum Gasteiger partial charge on any atom is -0.378 e. The second kappa shape index (κ2) is 6.19. The lowest BCUT2D eigenvalue weighted by Gasteiger charge is -2.25. The summed E-state index contributed by atoms with van der Waals surface area (Å²) in [6.45, 7) is 6.81. The SMILES string of the molecule is CCCNC(C)C1(CCCC2CCCO2)CC1. The Kier molecular flexibility index (Phi) is 4.87. The average Bonchev–Trinajstić information content (AvgIpc) is 2.94. The topological polar surface area (TPSA) is 21.3 Å². The summed E-state index contributed by atoms with van der Waals surface area (Å²) >= 11 is 0. The van der Waals surface area contributed by atoms with Crippen LogP contribution in [-0.2, 0) is 4.74 Å². The van der Waals surface area contributed by atoms with E-state index in [2.05, 4.69) is 19.2 Å². The van der Waals surface area contributed by atoms with E-state index >= 15 is 0 Å². The summed E-state index contributed by atoms with van der Waals surface area (Å²) in [6, 6.07) is 0.715. The van der Waals surface area contributed by atoms with Gasteiger partial charge in [-0.25, -0.2) is 0 Å². The molecule has 2 heteroatoms. The molecule has 2 fully saturated rings. The van der Waals surface area contributed by atoms with Gasteiger partial charge < -0.3 is 10.1 Å². The molecule has 2 unspecified atom stereocenters. The quantitative estimate of drug-likeness (QED) is 0.700. The second-order valence-corrected chi connectivity index (χ2v) is 6.07. The van der Waals surface area contributed by atoms with Crippen LogP contribution in [0.3, 0.4) is 0 Å². The van der Waals surface area contributed by atoms with Gasteiger partial charge in [0, 0.05) is 12.6 Å². The summed E-state index contributed by atoms with van der Waals surface area (Å²) in [5.74, 6) is 0. The summed E-state index contributed by atoms with van der Waals surface area (Å²) in [5.41, 5.74) is 0.647. The van der Waals surface area contributed by atoms with Crippen molar-refractivity contribution in [2.45, 2.75) is 77.4 Å². The first-order valence-electron chi connectivity index (χ1n) is 7.62. The van der Waals surface area contributed by atoms with Gasteiger partial charge in [0.2, 0.25) is 0 Å². The zero-order valence-corrected chi connectivity index (χ0v) is 11.6. The Labute approximate surface area is 107 Å². The molecule has 1 aliphatic carbocycles. The van der Waals surface area contributed by atoms with Crippen molar-refractivity contribution in [3.8, 4) is 0 Å². The van der Waals surface area contributed by atoms with E-state index in [0.29, 0.717) is 17.6 Å². The van der Waals surface area contributed by atoms with Crippen LogP contribution in [0, 0.1) is 5.41 Å². The normalized spacial score (nSPS) is 28.2. The Morgan fingerprint density at radius 1 is 1.41 bits per heavy atom. The fourth-order valence-electron chi connectivity index (χ4n) is 3.19. The highest BCUT2D eigenvalue weighted by Crippen LogP contribution is 2.52. The molecule has 17 heavy (non-hydrogen) atoms. The van der Waals surface area contributed by atoms with Crippen LogP contribution in [0.25, 0.3) is 0 Å². The van der Waals surface area contributed by atoms with Crippen molar-refractivity contribution in [2.24, 2.45) is 5.41 Å². The average molecular weight is 239 g/mol. The molecule has 2 aliphatic rings. The lowest BCUT2D eigenvalue weighted by atomic mass is 9.90. The predicted octanol–water partition coefficient (Wildman–Crippen LogP) is 3.50. The van der Waals surface area contributed by atoms with Crippen LogP contribution in [0.1, 0.15) is 65.2 Å². The van der Waals surface area contributed by atoms with Gasteiger partial charge in [0.15, 0.2) is 0 Å². The molecular weight excluding hydrogens is 210 g/mol. The molecule has 0 aromatic heterocycles. The van der Waals surface area contributed by atoms with Gasteiger partial charge in [-0.05, 0) is 63.8 Å². The number of ether oxygens (including phenoxy) is 1. The van der Waals surface area contributed by atoms with Crippen molar-refractivity contribution in [1.29, 1.82) is 0 Å². The van der Waals surface area contributed by atoms with Crippen LogP contribution in [0.15, 0.2) is 0 Å². The van der Waals surface area contributed by atoms with Crippen LogP contribution in [-0.4, -0.2) is 25.3 Å². The van der Waals surface area contributed by atoms with E-state index in [0.717, 1.165) is 6.61 Å². The summed E-state index contributed by atoms with van der Waals surface area (Å²) in [7, 11) is 0. The number of nitrogens with one attached hydrogen (secondary N) is 1. The van der Waals surface area contributed by atoms with Crippen LogP contribution < -0.4 is 5.32 Å². The van der Waals surface area contributed by atoms with Crippen molar-refractivity contribution in [2.75, 3.05) is 13.2 Å². The molecule has 1 heterocycles. The van der Waals surface area contributed by atoms with E-state index in [1.165, 1.54) is 57.9 Å². The smallest absolute Gasteiger partial charge is 0.0576 e. The van der Waals surface area contributed by atoms with Gasteiger partial charge in [-0.1, -0.05) is 13.3 Å². The fourth-order valence-corrected chi connectivity index (χ4v) is 3.19. The van der Waals surface area contributed by atoms with Crippen LogP contribution in [0.4, 0.5) is 0 Å². The van der Waals surface area contributed by atoms with E-state index in [1.54, 1.807) is 0 Å². The maximum atomic E-state index is 5.70. The summed E-state index contributed by atoms with van der Waals surface area (Å²) in [5, 5.41) is 3.68. The minimum atomic E-state index is 0.588. The molecule has 1 N–H and O–H groups in total. The van der Waals surface area contributed by atoms with Gasteiger partial charge in [-0.2, -0.15) is 0 Å². The molecule has 2 atom stereocenters. The molecule has 0 bridgehead atoms. The third-order valence-electron chi connectivity index (χ3n) is 4.74. The van der Waals surface area contributed by atoms with E-state index in [1.807, 2.05) is 0 Å². The molecule has 1 aliphatic heterocycles. The predicted molar refractivity (Wildman–Crippen MR) is 72.2 cm³/mol. The van der Waals surface area contributed by atoms with E-state index < -0.39 is 0 Å². The van der Waals surface area contributed by atoms with Crippen molar-refractivity contribution >= 4 is 0 Å². The maximum absolute atomic E-state index is 5.70. The van der Waals surface area contributed by atoms with Gasteiger partial charge in [0.25, 0.3) is 0 Å². The molecule has 1 saturated heterocycles. The largest absolute Gasteiger partial charge is 0.378 e. The van der Waals surface area contributed by atoms with Crippen molar-refractivity contribution in [3.05, 3.63) is 0 Å². The van der Waals surface area contributed by atoms with Gasteiger partial charge >= 0.3 is 0 Å². The number of hydrogen-bond acceptors (Lipinski definition) is 2. The third kappa shape index (κ3) is 3.69. The zero-order chi connectivity index (χ0) is 12.1. The Hall–Kier alpha value is -0.0800. The first-order valence-corrected chi connectivity index (χ1v) is 7.62. The highest BCUT2D eigenvalue weighted by molar-refractivity contribution is 5.00. The van der Waals surface area contributed by atoms with Gasteiger partial charge in [0.1, 0.15) is 0 Å². The molecule has 0 aromatic carbocycles. The lowest BCUT2D eigenvalue weighted by molar-refractivity contribution is 0.0995. The number of rotatable bonds is 8. The highest BCUT2D eigenvalue weighted by Gasteiger charge is 2.46. The minimum absolute atomic E-state index is 0.588. The first kappa shape index (κ1) is 13.4. The van der Waals surface area contributed by atoms with Crippen LogP contribution in [0.5, 0.6) is 0 Å². The van der Waals surface area contributed by atoms with Gasteiger partial charge in [0.05, 0.1) is 6.10 Å². The Bertz CT molecular complexity index is 219. The molecular formula is C15H29NO. The van der Waals surface area contributed by atoms with Crippen LogP contribution >= 0.6 is 0 Å². The Morgan fingerprint density at radius 2 is 2.24 bits per heavy atom. The molecule has 0 amide bonds. The highest BCUT2D eigenvalue weighted by atomic mass is 16.5. The number of hydrogen-bond donors (Lipinski definition) is 1. The fraction of sp³-hybridized carbons (Fsp3) is 1.00. The standard InChI is InChI=1S/C15H29NO/c1-3-11-16-13(2)15(9-10-15)8-4-6-14-7-5-12-17-14/h13-14,16H,3-12H2,1-2H3.